The molecule has 0 aromatic heterocycles. The molecule has 0 saturated heterocycles. The molecule has 0 unspecified atom stereocenters. The van der Waals surface area contributed by atoms with Gasteiger partial charge in [0.1, 0.15) is 0 Å². The van der Waals surface area contributed by atoms with Crippen molar-refractivity contribution in [1.29, 1.82) is 0 Å². The van der Waals surface area contributed by atoms with Crippen LogP contribution in [0, 0.1) is 0 Å². The van der Waals surface area contributed by atoms with E-state index >= 15 is 0 Å². The Morgan fingerprint density at radius 3 is 1.35 bits per heavy atom. The van der Waals surface area contributed by atoms with Gasteiger partial charge in [-0.3, -0.25) is 0 Å². The summed E-state index contributed by atoms with van der Waals surface area (Å²) in [5.74, 6) is 0. The van der Waals surface area contributed by atoms with E-state index in [1.807, 2.05) is 36.4 Å². The molecule has 0 amide bonds. The molecule has 0 spiro atoms. The lowest BCUT2D eigenvalue weighted by molar-refractivity contribution is 0.549. The zero-order valence-corrected chi connectivity index (χ0v) is 17.0. The number of halogens is 2. The van der Waals surface area contributed by atoms with Crippen molar-refractivity contribution < 1.29 is 0 Å². The summed E-state index contributed by atoms with van der Waals surface area (Å²) in [4.78, 5) is 0. The number of benzene rings is 2. The van der Waals surface area contributed by atoms with Gasteiger partial charge < -0.3 is 10.6 Å². The van der Waals surface area contributed by atoms with Crippen molar-refractivity contribution >= 4 is 23.2 Å². The molecule has 0 fully saturated rings. The van der Waals surface area contributed by atoms with E-state index in [9.17, 15) is 0 Å². The summed E-state index contributed by atoms with van der Waals surface area (Å²) in [5.41, 5.74) is 2.36. The number of unbranched alkanes of at least 4 members (excludes halogenated alkanes) is 5. The Bertz CT molecular complexity index is 576. The molecule has 2 aromatic rings. The average molecular weight is 393 g/mol. The van der Waals surface area contributed by atoms with Gasteiger partial charge in [0.05, 0.1) is 0 Å². The van der Waals surface area contributed by atoms with E-state index in [1.165, 1.54) is 49.7 Å². The van der Waals surface area contributed by atoms with Gasteiger partial charge in [-0.25, -0.2) is 0 Å². The molecule has 0 aliphatic carbocycles. The topological polar surface area (TPSA) is 24.1 Å². The van der Waals surface area contributed by atoms with Crippen LogP contribution in [-0.2, 0) is 13.1 Å². The SMILES string of the molecule is Clc1ccccc1CNCCCCCCCCNCc1ccccc1Cl. The van der Waals surface area contributed by atoms with Crippen LogP contribution < -0.4 is 10.6 Å². The first-order valence-electron chi connectivity index (χ1n) is 9.65. The van der Waals surface area contributed by atoms with Gasteiger partial charge in [-0.15, -0.1) is 0 Å². The highest BCUT2D eigenvalue weighted by Gasteiger charge is 1.99. The lowest BCUT2D eigenvalue weighted by Gasteiger charge is -2.07. The van der Waals surface area contributed by atoms with Crippen LogP contribution in [0.3, 0.4) is 0 Å². The molecule has 2 nitrogen and oxygen atoms in total. The quantitative estimate of drug-likeness (QED) is 0.395. The summed E-state index contributed by atoms with van der Waals surface area (Å²) in [6.07, 6.45) is 7.69. The van der Waals surface area contributed by atoms with Gasteiger partial charge in [0.25, 0.3) is 0 Å². The van der Waals surface area contributed by atoms with Gasteiger partial charge in [0, 0.05) is 23.1 Å². The van der Waals surface area contributed by atoms with Crippen LogP contribution in [0.1, 0.15) is 49.7 Å². The van der Waals surface area contributed by atoms with Gasteiger partial charge >= 0.3 is 0 Å². The molecule has 0 bridgehead atoms. The second kappa shape index (κ2) is 13.2. The van der Waals surface area contributed by atoms with E-state index in [2.05, 4.69) is 22.8 Å². The second-order valence-corrected chi connectivity index (χ2v) is 7.47. The van der Waals surface area contributed by atoms with Crippen molar-refractivity contribution in [2.24, 2.45) is 0 Å². The Balaban J connectivity index is 1.37. The highest BCUT2D eigenvalue weighted by atomic mass is 35.5. The standard InChI is InChI=1S/C22H30Cl2N2/c23-21-13-7-5-11-19(21)17-25-15-9-3-1-2-4-10-16-26-18-20-12-6-8-14-22(20)24/h5-8,11-14,25-26H,1-4,9-10,15-18H2. The maximum absolute atomic E-state index is 6.15. The minimum atomic E-state index is 0.850. The predicted molar refractivity (Wildman–Crippen MR) is 114 cm³/mol. The maximum atomic E-state index is 6.15. The number of nitrogens with one attached hydrogen (secondary N) is 2. The van der Waals surface area contributed by atoms with E-state index < -0.39 is 0 Å². The molecule has 4 heteroatoms. The van der Waals surface area contributed by atoms with Crippen molar-refractivity contribution in [3.63, 3.8) is 0 Å². The van der Waals surface area contributed by atoms with Crippen molar-refractivity contribution in [2.45, 2.75) is 51.6 Å². The minimum Gasteiger partial charge on any atom is -0.313 e. The molecule has 2 rings (SSSR count). The highest BCUT2D eigenvalue weighted by Crippen LogP contribution is 2.15. The average Bonchev–Trinajstić information content (AvgIpc) is 2.65. The zero-order chi connectivity index (χ0) is 18.5. The third-order valence-electron chi connectivity index (χ3n) is 4.50. The van der Waals surface area contributed by atoms with Crippen LogP contribution in [0.5, 0.6) is 0 Å². The van der Waals surface area contributed by atoms with E-state index in [4.69, 9.17) is 23.2 Å². The smallest absolute Gasteiger partial charge is 0.0450 e. The second-order valence-electron chi connectivity index (χ2n) is 6.66. The summed E-state index contributed by atoms with van der Waals surface area (Å²) >= 11 is 12.3. The normalized spacial score (nSPS) is 11.0. The first-order chi connectivity index (χ1) is 12.8. The van der Waals surface area contributed by atoms with Crippen molar-refractivity contribution in [3.05, 3.63) is 69.7 Å². The predicted octanol–water partition coefficient (Wildman–Crippen LogP) is 6.21. The van der Waals surface area contributed by atoms with Crippen LogP contribution in [0.15, 0.2) is 48.5 Å². The van der Waals surface area contributed by atoms with Gasteiger partial charge in [-0.1, -0.05) is 85.3 Å². The zero-order valence-electron chi connectivity index (χ0n) is 15.4. The summed E-state index contributed by atoms with van der Waals surface area (Å²) in [5, 5.41) is 8.65. The first kappa shape index (κ1) is 21.2. The van der Waals surface area contributed by atoms with Crippen LogP contribution in [0.2, 0.25) is 10.0 Å². The summed E-state index contributed by atoms with van der Waals surface area (Å²) in [7, 11) is 0. The Kier molecular flexibility index (Phi) is 10.8. The molecule has 0 aliphatic rings. The fraction of sp³-hybridized carbons (Fsp3) is 0.455. The van der Waals surface area contributed by atoms with Gasteiger partial charge in [-0.05, 0) is 49.2 Å². The molecule has 2 aromatic carbocycles. The van der Waals surface area contributed by atoms with E-state index in [-0.39, 0.29) is 0 Å². The number of hydrogen-bond acceptors (Lipinski definition) is 2. The Morgan fingerprint density at radius 1 is 0.538 bits per heavy atom. The highest BCUT2D eigenvalue weighted by molar-refractivity contribution is 6.31. The molecule has 0 aliphatic heterocycles. The molecule has 0 heterocycles. The molecule has 2 N–H and O–H groups in total. The van der Waals surface area contributed by atoms with Crippen LogP contribution in [0.4, 0.5) is 0 Å². The van der Waals surface area contributed by atoms with Crippen molar-refractivity contribution in [3.8, 4) is 0 Å². The minimum absolute atomic E-state index is 0.850. The third-order valence-corrected chi connectivity index (χ3v) is 5.24. The fourth-order valence-electron chi connectivity index (χ4n) is 2.94. The fourth-order valence-corrected chi connectivity index (χ4v) is 3.34. The lowest BCUT2D eigenvalue weighted by atomic mass is 10.1. The lowest BCUT2D eigenvalue weighted by Crippen LogP contribution is -2.15. The molecule has 0 saturated carbocycles. The molecular formula is C22H30Cl2N2. The van der Waals surface area contributed by atoms with E-state index in [0.717, 1.165) is 36.2 Å². The van der Waals surface area contributed by atoms with Gasteiger partial charge in [-0.2, -0.15) is 0 Å². The van der Waals surface area contributed by atoms with Crippen LogP contribution >= 0.6 is 23.2 Å². The first-order valence-corrected chi connectivity index (χ1v) is 10.4. The largest absolute Gasteiger partial charge is 0.313 e. The monoisotopic (exact) mass is 392 g/mol. The summed E-state index contributed by atoms with van der Waals surface area (Å²) in [6.45, 7) is 3.84. The van der Waals surface area contributed by atoms with E-state index in [1.54, 1.807) is 0 Å². The molecule has 0 atom stereocenters. The molecular weight excluding hydrogens is 363 g/mol. The number of rotatable bonds is 13. The van der Waals surface area contributed by atoms with Gasteiger partial charge in [0.2, 0.25) is 0 Å². The van der Waals surface area contributed by atoms with E-state index in [0.29, 0.717) is 0 Å². The summed E-state index contributed by atoms with van der Waals surface area (Å²) < 4.78 is 0. The Labute approximate surface area is 168 Å². The number of hydrogen-bond donors (Lipinski definition) is 2. The summed E-state index contributed by atoms with van der Waals surface area (Å²) in [6, 6.07) is 16.1. The molecule has 26 heavy (non-hydrogen) atoms. The Morgan fingerprint density at radius 2 is 0.923 bits per heavy atom. The van der Waals surface area contributed by atoms with Crippen LogP contribution in [0.25, 0.3) is 0 Å². The van der Waals surface area contributed by atoms with Crippen LogP contribution in [-0.4, -0.2) is 13.1 Å². The van der Waals surface area contributed by atoms with Gasteiger partial charge in [0.15, 0.2) is 0 Å². The van der Waals surface area contributed by atoms with Crippen molar-refractivity contribution in [2.75, 3.05) is 13.1 Å². The van der Waals surface area contributed by atoms with Crippen molar-refractivity contribution in [1.82, 2.24) is 10.6 Å². The third kappa shape index (κ3) is 8.55. The Hall–Kier alpha value is -1.06. The molecule has 142 valence electrons. The maximum Gasteiger partial charge on any atom is 0.0450 e. The molecule has 0 radical (unpaired) electrons.